The van der Waals surface area contributed by atoms with Gasteiger partial charge in [0.2, 0.25) is 0 Å². The molecule has 0 amide bonds. The van der Waals surface area contributed by atoms with Crippen LogP contribution in [-0.2, 0) is 4.74 Å². The minimum absolute atomic E-state index is 0.0808. The lowest BCUT2D eigenvalue weighted by Crippen LogP contribution is -2.42. The van der Waals surface area contributed by atoms with Crippen LogP contribution in [0.25, 0.3) is 0 Å². The number of nitrogens with two attached hydrogens (primary N) is 1. The van der Waals surface area contributed by atoms with Crippen molar-refractivity contribution in [1.29, 1.82) is 0 Å². The first kappa shape index (κ1) is 15.8. The Morgan fingerprint density at radius 1 is 1.38 bits per heavy atom. The van der Waals surface area contributed by atoms with Crippen LogP contribution in [0.4, 0.5) is 0 Å². The van der Waals surface area contributed by atoms with Gasteiger partial charge in [-0.1, -0.05) is 36.8 Å². The Morgan fingerprint density at radius 2 is 2.14 bits per heavy atom. The van der Waals surface area contributed by atoms with E-state index in [1.807, 2.05) is 6.08 Å². The number of hydrogen-bond donors (Lipinski definition) is 1. The van der Waals surface area contributed by atoms with Crippen molar-refractivity contribution in [2.24, 2.45) is 5.73 Å². The smallest absolute Gasteiger partial charge is 0.114 e. The molecule has 114 valence electrons. The number of ether oxygens (including phenoxy) is 1. The van der Waals surface area contributed by atoms with Crippen LogP contribution >= 0.6 is 0 Å². The molecule has 1 aromatic carbocycles. The van der Waals surface area contributed by atoms with Crippen LogP contribution in [0.15, 0.2) is 42.2 Å². The molecule has 0 saturated heterocycles. The fourth-order valence-corrected chi connectivity index (χ4v) is 2.96. The molecule has 2 unspecified atom stereocenters. The summed E-state index contributed by atoms with van der Waals surface area (Å²) in [7, 11) is 1.70. The molecule has 0 bridgehead atoms. The maximum absolute atomic E-state index is 6.54. The van der Waals surface area contributed by atoms with Crippen molar-refractivity contribution in [2.75, 3.05) is 13.7 Å². The van der Waals surface area contributed by atoms with Crippen LogP contribution in [0.3, 0.4) is 0 Å². The molecular weight excluding hydrogens is 260 g/mol. The summed E-state index contributed by atoms with van der Waals surface area (Å²) in [5.41, 5.74) is 10.3. The number of aryl methyl sites for hydroxylation is 2. The van der Waals surface area contributed by atoms with Crippen molar-refractivity contribution in [3.05, 3.63) is 58.9 Å². The highest BCUT2D eigenvalue weighted by molar-refractivity contribution is 5.33. The zero-order valence-electron chi connectivity index (χ0n) is 13.5. The molecule has 3 heteroatoms. The van der Waals surface area contributed by atoms with E-state index in [9.17, 15) is 0 Å². The van der Waals surface area contributed by atoms with Gasteiger partial charge in [0, 0.05) is 6.04 Å². The maximum atomic E-state index is 6.54. The molecule has 0 spiro atoms. The maximum Gasteiger partial charge on any atom is 0.114 e. The Labute approximate surface area is 128 Å². The van der Waals surface area contributed by atoms with Gasteiger partial charge in [-0.05, 0) is 50.1 Å². The molecule has 0 fully saturated rings. The number of hydrogen-bond acceptors (Lipinski definition) is 3. The topological polar surface area (TPSA) is 38.5 Å². The van der Waals surface area contributed by atoms with Gasteiger partial charge < -0.3 is 10.5 Å². The summed E-state index contributed by atoms with van der Waals surface area (Å²) in [6.45, 7) is 7.32. The van der Waals surface area contributed by atoms with Gasteiger partial charge in [0.25, 0.3) is 0 Å². The predicted molar refractivity (Wildman–Crippen MR) is 87.9 cm³/mol. The summed E-state index contributed by atoms with van der Waals surface area (Å²) in [6.07, 6.45) is 7.20. The molecule has 1 aromatic rings. The molecule has 2 N–H and O–H groups in total. The van der Waals surface area contributed by atoms with Crippen molar-refractivity contribution in [3.63, 3.8) is 0 Å². The summed E-state index contributed by atoms with van der Waals surface area (Å²) in [5, 5.41) is 0. The Balaban J connectivity index is 2.18. The minimum Gasteiger partial charge on any atom is -0.497 e. The Hall–Kier alpha value is -1.58. The Kier molecular flexibility index (Phi) is 5.21. The lowest BCUT2D eigenvalue weighted by atomic mass is 10.00. The van der Waals surface area contributed by atoms with E-state index in [1.54, 1.807) is 7.11 Å². The van der Waals surface area contributed by atoms with Gasteiger partial charge in [0.05, 0.1) is 13.3 Å². The fraction of sp³-hybridized carbons (Fsp3) is 0.444. The molecule has 1 aliphatic rings. The molecule has 2 atom stereocenters. The van der Waals surface area contributed by atoms with E-state index < -0.39 is 0 Å². The van der Waals surface area contributed by atoms with E-state index in [1.165, 1.54) is 16.7 Å². The summed E-state index contributed by atoms with van der Waals surface area (Å²) >= 11 is 0. The van der Waals surface area contributed by atoms with Gasteiger partial charge in [-0.15, -0.1) is 0 Å². The highest BCUT2D eigenvalue weighted by atomic mass is 16.5. The van der Waals surface area contributed by atoms with E-state index in [4.69, 9.17) is 10.5 Å². The second kappa shape index (κ2) is 6.92. The van der Waals surface area contributed by atoms with Crippen LogP contribution in [-0.4, -0.2) is 24.6 Å². The zero-order chi connectivity index (χ0) is 15.4. The number of nitrogens with zero attached hydrogens (tertiary/aromatic N) is 1. The summed E-state index contributed by atoms with van der Waals surface area (Å²) in [4.78, 5) is 2.33. The number of benzene rings is 1. The van der Waals surface area contributed by atoms with Gasteiger partial charge in [0.1, 0.15) is 5.76 Å². The van der Waals surface area contributed by atoms with E-state index in [2.05, 4.69) is 56.0 Å². The second-order valence-corrected chi connectivity index (χ2v) is 5.61. The molecule has 0 radical (unpaired) electrons. The molecule has 0 heterocycles. The molecule has 0 aliphatic heterocycles. The third kappa shape index (κ3) is 3.55. The molecule has 0 saturated carbocycles. The quantitative estimate of drug-likeness (QED) is 0.843. The summed E-state index contributed by atoms with van der Waals surface area (Å²) in [5.74, 6) is 0.933. The molecular formula is C18H26N2O. The first-order chi connectivity index (χ1) is 10.1. The van der Waals surface area contributed by atoms with Gasteiger partial charge in [-0.25, -0.2) is 0 Å². The van der Waals surface area contributed by atoms with Crippen LogP contribution < -0.4 is 5.73 Å². The molecule has 1 aliphatic carbocycles. The van der Waals surface area contributed by atoms with E-state index in [0.717, 1.165) is 18.7 Å². The lowest BCUT2D eigenvalue weighted by molar-refractivity contribution is 0.169. The van der Waals surface area contributed by atoms with Gasteiger partial charge in [-0.3, -0.25) is 4.90 Å². The monoisotopic (exact) mass is 286 g/mol. The number of rotatable bonds is 5. The lowest BCUT2D eigenvalue weighted by Gasteiger charge is -2.35. The summed E-state index contributed by atoms with van der Waals surface area (Å²) < 4.78 is 5.25. The van der Waals surface area contributed by atoms with Crippen LogP contribution in [0.1, 0.15) is 36.2 Å². The van der Waals surface area contributed by atoms with E-state index in [-0.39, 0.29) is 6.17 Å². The van der Waals surface area contributed by atoms with E-state index in [0.29, 0.717) is 6.04 Å². The molecule has 0 aromatic heterocycles. The Bertz CT molecular complexity index is 548. The van der Waals surface area contributed by atoms with Crippen LogP contribution in [0.2, 0.25) is 0 Å². The zero-order valence-corrected chi connectivity index (χ0v) is 13.5. The van der Waals surface area contributed by atoms with Crippen molar-refractivity contribution < 1.29 is 4.74 Å². The fourth-order valence-electron chi connectivity index (χ4n) is 2.96. The number of likely N-dealkylation sites (N-methyl/N-ethyl adjacent to an activating group) is 1. The van der Waals surface area contributed by atoms with Crippen molar-refractivity contribution >= 4 is 0 Å². The van der Waals surface area contributed by atoms with Gasteiger partial charge in [-0.2, -0.15) is 0 Å². The third-order valence-electron chi connectivity index (χ3n) is 4.17. The standard InChI is InChI=1S/C18H26N2O/c1-5-20(15-7-9-16(21-4)10-8-15)18(19)17-11-6-13(2)12-14(17)3/h6-7,9-12,15,18H,5,8,19H2,1-4H3. The highest BCUT2D eigenvalue weighted by Gasteiger charge is 2.23. The second-order valence-electron chi connectivity index (χ2n) is 5.61. The van der Waals surface area contributed by atoms with Crippen LogP contribution in [0, 0.1) is 13.8 Å². The highest BCUT2D eigenvalue weighted by Crippen LogP contribution is 2.26. The van der Waals surface area contributed by atoms with Crippen LogP contribution in [0.5, 0.6) is 0 Å². The number of methoxy groups -OCH3 is 1. The van der Waals surface area contributed by atoms with Crippen molar-refractivity contribution in [3.8, 4) is 0 Å². The summed E-state index contributed by atoms with van der Waals surface area (Å²) in [6, 6.07) is 6.81. The van der Waals surface area contributed by atoms with Gasteiger partial charge in [0.15, 0.2) is 0 Å². The Morgan fingerprint density at radius 3 is 2.67 bits per heavy atom. The predicted octanol–water partition coefficient (Wildman–Crippen LogP) is 3.44. The van der Waals surface area contributed by atoms with Crippen molar-refractivity contribution in [2.45, 2.75) is 39.4 Å². The van der Waals surface area contributed by atoms with E-state index >= 15 is 0 Å². The first-order valence-corrected chi connectivity index (χ1v) is 7.57. The average Bonchev–Trinajstić information content (AvgIpc) is 2.48. The average molecular weight is 286 g/mol. The normalized spacial score (nSPS) is 19.5. The SMILES string of the molecule is CCN(C1C=CC(OC)=CC1)C(N)c1ccc(C)cc1C. The largest absolute Gasteiger partial charge is 0.497 e. The first-order valence-electron chi connectivity index (χ1n) is 7.57. The molecule has 2 rings (SSSR count). The van der Waals surface area contributed by atoms with Gasteiger partial charge >= 0.3 is 0 Å². The number of allylic oxidation sites excluding steroid dienone is 1. The third-order valence-corrected chi connectivity index (χ3v) is 4.17. The molecule has 21 heavy (non-hydrogen) atoms. The minimum atomic E-state index is -0.0808. The molecule has 3 nitrogen and oxygen atoms in total. The van der Waals surface area contributed by atoms with Crippen molar-refractivity contribution in [1.82, 2.24) is 4.90 Å².